The molecule has 1 saturated heterocycles. The van der Waals surface area contributed by atoms with E-state index in [0.29, 0.717) is 10.7 Å². The van der Waals surface area contributed by atoms with Crippen LogP contribution in [0.2, 0.25) is 5.02 Å². The van der Waals surface area contributed by atoms with Crippen LogP contribution >= 0.6 is 11.6 Å². The molecule has 1 heterocycles. The Labute approximate surface area is 137 Å². The minimum Gasteiger partial charge on any atom is -0.444 e. The highest BCUT2D eigenvalue weighted by atomic mass is 35.5. The SMILES string of the molecule is CN(C(=O)OC(C)(C)C)C1CCN(c2ccc(N)c(Cl)c2)C1. The van der Waals surface area contributed by atoms with E-state index in [2.05, 4.69) is 4.90 Å². The molecule has 1 aliphatic rings. The van der Waals surface area contributed by atoms with E-state index in [1.54, 1.807) is 11.9 Å². The molecular weight excluding hydrogens is 302 g/mol. The van der Waals surface area contributed by atoms with E-state index < -0.39 is 5.60 Å². The first-order valence-electron chi connectivity index (χ1n) is 7.43. The molecule has 0 spiro atoms. The molecule has 0 saturated carbocycles. The van der Waals surface area contributed by atoms with Crippen LogP contribution in [0.5, 0.6) is 0 Å². The first kappa shape index (κ1) is 16.7. The second kappa shape index (κ2) is 6.24. The topological polar surface area (TPSA) is 58.8 Å². The summed E-state index contributed by atoms with van der Waals surface area (Å²) in [4.78, 5) is 16.0. The van der Waals surface area contributed by atoms with E-state index in [1.165, 1.54) is 0 Å². The van der Waals surface area contributed by atoms with E-state index in [-0.39, 0.29) is 12.1 Å². The molecule has 2 rings (SSSR count). The van der Waals surface area contributed by atoms with Crippen molar-refractivity contribution in [2.24, 2.45) is 0 Å². The molecule has 6 heteroatoms. The molecule has 0 bridgehead atoms. The van der Waals surface area contributed by atoms with Crippen molar-refractivity contribution in [3.05, 3.63) is 23.2 Å². The molecule has 2 N–H and O–H groups in total. The third-order valence-electron chi connectivity index (χ3n) is 3.74. The molecule has 1 aliphatic heterocycles. The minimum atomic E-state index is -0.478. The van der Waals surface area contributed by atoms with Gasteiger partial charge in [0, 0.05) is 25.8 Å². The summed E-state index contributed by atoms with van der Waals surface area (Å²) in [5.74, 6) is 0. The molecule has 0 radical (unpaired) electrons. The Balaban J connectivity index is 2.00. The van der Waals surface area contributed by atoms with Crippen molar-refractivity contribution in [2.75, 3.05) is 30.8 Å². The van der Waals surface area contributed by atoms with Crippen molar-refractivity contribution < 1.29 is 9.53 Å². The standard InChI is InChI=1S/C16H24ClN3O2/c1-16(2,3)22-15(21)19(4)12-7-8-20(10-12)11-5-6-14(18)13(17)9-11/h5-6,9,12H,7-8,10,18H2,1-4H3. The molecule has 1 amide bonds. The number of carbonyl (C=O) groups is 1. The van der Waals surface area contributed by atoms with Gasteiger partial charge in [-0.25, -0.2) is 4.79 Å². The van der Waals surface area contributed by atoms with Gasteiger partial charge in [0.25, 0.3) is 0 Å². The molecule has 122 valence electrons. The van der Waals surface area contributed by atoms with Gasteiger partial charge in [-0.05, 0) is 45.4 Å². The van der Waals surface area contributed by atoms with E-state index in [4.69, 9.17) is 22.1 Å². The maximum Gasteiger partial charge on any atom is 0.410 e. The van der Waals surface area contributed by atoms with Crippen molar-refractivity contribution in [3.63, 3.8) is 0 Å². The Morgan fingerprint density at radius 1 is 1.45 bits per heavy atom. The number of ether oxygens (including phenoxy) is 1. The lowest BCUT2D eigenvalue weighted by atomic mass is 10.2. The van der Waals surface area contributed by atoms with Crippen LogP contribution in [0.15, 0.2) is 18.2 Å². The number of nitrogen functional groups attached to an aromatic ring is 1. The lowest BCUT2D eigenvalue weighted by molar-refractivity contribution is 0.0238. The predicted octanol–water partition coefficient (Wildman–Crippen LogP) is 3.37. The van der Waals surface area contributed by atoms with Crippen LogP contribution in [0.3, 0.4) is 0 Å². The number of carbonyl (C=O) groups excluding carboxylic acids is 1. The van der Waals surface area contributed by atoms with Crippen LogP contribution in [0, 0.1) is 0 Å². The number of benzene rings is 1. The first-order chi connectivity index (χ1) is 10.2. The first-order valence-corrected chi connectivity index (χ1v) is 7.81. The highest BCUT2D eigenvalue weighted by Gasteiger charge is 2.31. The van der Waals surface area contributed by atoms with Crippen LogP contribution in [0.1, 0.15) is 27.2 Å². The van der Waals surface area contributed by atoms with Crippen LogP contribution < -0.4 is 10.6 Å². The number of rotatable bonds is 2. The molecular formula is C16H24ClN3O2. The average molecular weight is 326 g/mol. The fourth-order valence-corrected chi connectivity index (χ4v) is 2.66. The molecule has 5 nitrogen and oxygen atoms in total. The summed E-state index contributed by atoms with van der Waals surface area (Å²) in [6.45, 7) is 7.25. The third-order valence-corrected chi connectivity index (χ3v) is 4.07. The van der Waals surface area contributed by atoms with Crippen molar-refractivity contribution in [1.29, 1.82) is 0 Å². The number of hydrogen-bond acceptors (Lipinski definition) is 4. The van der Waals surface area contributed by atoms with Crippen molar-refractivity contribution in [3.8, 4) is 0 Å². The van der Waals surface area contributed by atoms with Gasteiger partial charge in [-0.3, -0.25) is 0 Å². The van der Waals surface area contributed by atoms with Gasteiger partial charge in [0.05, 0.1) is 16.8 Å². The summed E-state index contributed by atoms with van der Waals surface area (Å²) in [6, 6.07) is 5.76. The number of nitrogens with two attached hydrogens (primary N) is 1. The summed E-state index contributed by atoms with van der Waals surface area (Å²) in [6.07, 6.45) is 0.618. The molecule has 1 aromatic carbocycles. The number of likely N-dealkylation sites (N-methyl/N-ethyl adjacent to an activating group) is 1. The molecule has 22 heavy (non-hydrogen) atoms. The van der Waals surface area contributed by atoms with E-state index in [9.17, 15) is 4.79 Å². The Morgan fingerprint density at radius 2 is 2.14 bits per heavy atom. The second-order valence-corrected chi connectivity index (χ2v) is 7.09. The van der Waals surface area contributed by atoms with Gasteiger partial charge in [-0.2, -0.15) is 0 Å². The lowest BCUT2D eigenvalue weighted by Crippen LogP contribution is -2.42. The second-order valence-electron chi connectivity index (χ2n) is 6.69. The Bertz CT molecular complexity index is 557. The van der Waals surface area contributed by atoms with Gasteiger partial charge in [-0.1, -0.05) is 11.6 Å². The van der Waals surface area contributed by atoms with Crippen molar-refractivity contribution >= 4 is 29.1 Å². The van der Waals surface area contributed by atoms with Crippen molar-refractivity contribution in [2.45, 2.75) is 38.8 Å². The maximum atomic E-state index is 12.1. The average Bonchev–Trinajstić information content (AvgIpc) is 2.88. The Morgan fingerprint density at radius 3 is 2.73 bits per heavy atom. The largest absolute Gasteiger partial charge is 0.444 e. The highest BCUT2D eigenvalue weighted by molar-refractivity contribution is 6.33. The zero-order valence-corrected chi connectivity index (χ0v) is 14.4. The number of nitrogens with zero attached hydrogens (tertiary/aromatic N) is 2. The molecule has 1 aromatic rings. The van der Waals surface area contributed by atoms with Crippen LogP contribution in [-0.4, -0.2) is 42.8 Å². The zero-order chi connectivity index (χ0) is 16.5. The number of anilines is 2. The van der Waals surface area contributed by atoms with Crippen LogP contribution in [0.4, 0.5) is 16.2 Å². The molecule has 1 fully saturated rings. The van der Waals surface area contributed by atoms with Gasteiger partial charge in [0.2, 0.25) is 0 Å². The fraction of sp³-hybridized carbons (Fsp3) is 0.562. The van der Waals surface area contributed by atoms with Crippen LogP contribution in [-0.2, 0) is 4.74 Å². The quantitative estimate of drug-likeness (QED) is 0.847. The van der Waals surface area contributed by atoms with E-state index in [0.717, 1.165) is 25.2 Å². The minimum absolute atomic E-state index is 0.131. The van der Waals surface area contributed by atoms with E-state index >= 15 is 0 Å². The smallest absolute Gasteiger partial charge is 0.410 e. The van der Waals surface area contributed by atoms with Gasteiger partial charge in [0.1, 0.15) is 5.60 Å². The molecule has 0 aliphatic carbocycles. The van der Waals surface area contributed by atoms with Gasteiger partial charge in [0.15, 0.2) is 0 Å². The summed E-state index contributed by atoms with van der Waals surface area (Å²) in [5, 5.41) is 0.557. The van der Waals surface area contributed by atoms with Gasteiger partial charge >= 0.3 is 6.09 Å². The van der Waals surface area contributed by atoms with E-state index in [1.807, 2.05) is 39.0 Å². The van der Waals surface area contributed by atoms with Gasteiger partial charge in [-0.15, -0.1) is 0 Å². The molecule has 1 unspecified atom stereocenters. The zero-order valence-electron chi connectivity index (χ0n) is 13.6. The molecule has 0 aromatic heterocycles. The summed E-state index contributed by atoms with van der Waals surface area (Å²) < 4.78 is 5.42. The summed E-state index contributed by atoms with van der Waals surface area (Å²) in [7, 11) is 1.79. The monoisotopic (exact) mass is 325 g/mol. The van der Waals surface area contributed by atoms with Gasteiger partial charge < -0.3 is 20.3 Å². The number of amides is 1. The maximum absolute atomic E-state index is 12.1. The normalized spacial score (nSPS) is 18.4. The number of halogens is 1. The Kier molecular flexibility index (Phi) is 4.75. The van der Waals surface area contributed by atoms with Crippen molar-refractivity contribution in [1.82, 2.24) is 4.90 Å². The lowest BCUT2D eigenvalue weighted by Gasteiger charge is -2.28. The highest BCUT2D eigenvalue weighted by Crippen LogP contribution is 2.28. The predicted molar refractivity (Wildman–Crippen MR) is 90.5 cm³/mol. The fourth-order valence-electron chi connectivity index (χ4n) is 2.49. The number of hydrogen-bond donors (Lipinski definition) is 1. The summed E-state index contributed by atoms with van der Waals surface area (Å²) in [5.41, 5.74) is 6.87. The third kappa shape index (κ3) is 3.97. The summed E-state index contributed by atoms with van der Waals surface area (Å²) >= 11 is 6.08. The Hall–Kier alpha value is -1.62. The van der Waals surface area contributed by atoms with Crippen LogP contribution in [0.25, 0.3) is 0 Å². The molecule has 1 atom stereocenters.